The van der Waals surface area contributed by atoms with E-state index in [2.05, 4.69) is 41.2 Å². The van der Waals surface area contributed by atoms with Crippen LogP contribution in [0.25, 0.3) is 0 Å². The molecule has 1 heterocycles. The molecule has 21 heavy (non-hydrogen) atoms. The highest BCUT2D eigenvalue weighted by Gasteiger charge is 2.23. The Morgan fingerprint density at radius 1 is 1.38 bits per heavy atom. The lowest BCUT2D eigenvalue weighted by atomic mass is 10.1. The third-order valence-electron chi connectivity index (χ3n) is 3.98. The van der Waals surface area contributed by atoms with Crippen LogP contribution in [0, 0.1) is 0 Å². The molecule has 0 aromatic heterocycles. The third kappa shape index (κ3) is 4.58. The van der Waals surface area contributed by atoms with Gasteiger partial charge < -0.3 is 19.9 Å². The summed E-state index contributed by atoms with van der Waals surface area (Å²) in [6, 6.07) is 6.72. The number of hydrogen-bond donors (Lipinski definition) is 1. The van der Waals surface area contributed by atoms with E-state index in [4.69, 9.17) is 16.3 Å². The molecule has 0 bridgehead atoms. The molecule has 0 spiro atoms. The highest BCUT2D eigenvalue weighted by atomic mass is 35.5. The SMILES string of the molecule is COCCNCc1cc(Cl)ccc1N1CCN(C)CC1C. The second-order valence-corrected chi connectivity index (χ2v) is 6.18. The molecule has 0 amide bonds. The van der Waals surface area contributed by atoms with Gasteiger partial charge in [0.05, 0.1) is 6.61 Å². The first-order valence-corrected chi connectivity index (χ1v) is 7.93. The summed E-state index contributed by atoms with van der Waals surface area (Å²) < 4.78 is 5.07. The zero-order valence-electron chi connectivity index (χ0n) is 13.2. The van der Waals surface area contributed by atoms with Crippen LogP contribution >= 0.6 is 11.6 Å². The van der Waals surface area contributed by atoms with Crippen molar-refractivity contribution in [2.24, 2.45) is 0 Å². The average molecular weight is 312 g/mol. The van der Waals surface area contributed by atoms with Gasteiger partial charge in [0.2, 0.25) is 0 Å². The predicted octanol–water partition coefficient (Wildman–Crippen LogP) is 2.22. The summed E-state index contributed by atoms with van der Waals surface area (Å²) in [5, 5.41) is 4.21. The highest BCUT2D eigenvalue weighted by molar-refractivity contribution is 6.30. The van der Waals surface area contributed by atoms with E-state index >= 15 is 0 Å². The van der Waals surface area contributed by atoms with E-state index in [-0.39, 0.29) is 0 Å². The summed E-state index contributed by atoms with van der Waals surface area (Å²) in [5.41, 5.74) is 2.56. The van der Waals surface area contributed by atoms with Crippen molar-refractivity contribution in [2.45, 2.75) is 19.5 Å². The first kappa shape index (κ1) is 16.6. The molecule has 1 aliphatic rings. The molecule has 5 heteroatoms. The molecule has 0 aliphatic carbocycles. The van der Waals surface area contributed by atoms with Crippen molar-refractivity contribution >= 4 is 17.3 Å². The zero-order chi connectivity index (χ0) is 15.2. The Kier molecular flexibility index (Phi) is 6.30. The number of likely N-dealkylation sites (N-methyl/N-ethyl adjacent to an activating group) is 1. The monoisotopic (exact) mass is 311 g/mol. The van der Waals surface area contributed by atoms with E-state index in [0.29, 0.717) is 6.04 Å². The van der Waals surface area contributed by atoms with Crippen LogP contribution in [-0.4, -0.2) is 57.9 Å². The average Bonchev–Trinajstić information content (AvgIpc) is 2.45. The van der Waals surface area contributed by atoms with Crippen LogP contribution in [0.5, 0.6) is 0 Å². The van der Waals surface area contributed by atoms with Crippen LogP contribution < -0.4 is 10.2 Å². The second kappa shape index (κ2) is 7.99. The number of anilines is 1. The minimum Gasteiger partial charge on any atom is -0.383 e. The molecule has 118 valence electrons. The Bertz CT molecular complexity index is 455. The summed E-state index contributed by atoms with van der Waals surface area (Å²) in [6.45, 7) is 7.93. The normalized spacial score (nSPS) is 20.0. The number of hydrogen-bond acceptors (Lipinski definition) is 4. The second-order valence-electron chi connectivity index (χ2n) is 5.75. The minimum absolute atomic E-state index is 0.516. The third-order valence-corrected chi connectivity index (χ3v) is 4.22. The zero-order valence-corrected chi connectivity index (χ0v) is 14.0. The Morgan fingerprint density at radius 3 is 2.90 bits per heavy atom. The fraction of sp³-hybridized carbons (Fsp3) is 0.625. The number of rotatable bonds is 6. The van der Waals surface area contributed by atoms with E-state index in [1.165, 1.54) is 11.3 Å². The summed E-state index contributed by atoms with van der Waals surface area (Å²) in [6.07, 6.45) is 0. The van der Waals surface area contributed by atoms with Gasteiger partial charge in [-0.1, -0.05) is 11.6 Å². The predicted molar refractivity (Wildman–Crippen MR) is 89.3 cm³/mol. The van der Waals surface area contributed by atoms with E-state index in [9.17, 15) is 0 Å². The van der Waals surface area contributed by atoms with Crippen LogP contribution in [0.4, 0.5) is 5.69 Å². The van der Waals surface area contributed by atoms with E-state index in [1.54, 1.807) is 7.11 Å². The number of nitrogens with zero attached hydrogens (tertiary/aromatic N) is 2. The van der Waals surface area contributed by atoms with Crippen LogP contribution in [0.2, 0.25) is 5.02 Å². The molecular weight excluding hydrogens is 286 g/mol. The molecule has 1 aromatic rings. The highest BCUT2D eigenvalue weighted by Crippen LogP contribution is 2.27. The number of methoxy groups -OCH3 is 1. The summed E-state index contributed by atoms with van der Waals surface area (Å²) in [5.74, 6) is 0. The van der Waals surface area contributed by atoms with Gasteiger partial charge in [0.15, 0.2) is 0 Å². The maximum atomic E-state index is 6.18. The fourth-order valence-corrected chi connectivity index (χ4v) is 3.07. The number of piperazine rings is 1. The molecular formula is C16H26ClN3O. The van der Waals surface area contributed by atoms with Gasteiger partial charge in [-0.3, -0.25) is 0 Å². The van der Waals surface area contributed by atoms with Gasteiger partial charge in [-0.2, -0.15) is 0 Å². The lowest BCUT2D eigenvalue weighted by Gasteiger charge is -2.40. The number of ether oxygens (including phenoxy) is 1. The molecule has 0 saturated carbocycles. The van der Waals surface area contributed by atoms with Gasteiger partial charge in [-0.15, -0.1) is 0 Å². The molecule has 1 atom stereocenters. The molecule has 1 aliphatic heterocycles. The number of benzene rings is 1. The van der Waals surface area contributed by atoms with E-state index < -0.39 is 0 Å². The molecule has 1 N–H and O–H groups in total. The Hall–Kier alpha value is -0.810. The number of halogens is 1. The topological polar surface area (TPSA) is 27.7 Å². The van der Waals surface area contributed by atoms with Gasteiger partial charge in [0.25, 0.3) is 0 Å². The van der Waals surface area contributed by atoms with Gasteiger partial charge in [0, 0.05) is 56.6 Å². The summed E-state index contributed by atoms with van der Waals surface area (Å²) >= 11 is 6.18. The van der Waals surface area contributed by atoms with Crippen molar-refractivity contribution in [3.05, 3.63) is 28.8 Å². The lowest BCUT2D eigenvalue weighted by molar-refractivity contribution is 0.199. The molecule has 4 nitrogen and oxygen atoms in total. The van der Waals surface area contributed by atoms with Gasteiger partial charge >= 0.3 is 0 Å². The largest absolute Gasteiger partial charge is 0.383 e. The minimum atomic E-state index is 0.516. The van der Waals surface area contributed by atoms with Crippen molar-refractivity contribution < 1.29 is 4.74 Å². The Balaban J connectivity index is 2.10. The molecule has 1 unspecified atom stereocenters. The number of nitrogens with one attached hydrogen (secondary N) is 1. The lowest BCUT2D eigenvalue weighted by Crippen LogP contribution is -2.50. The first-order chi connectivity index (χ1) is 10.1. The van der Waals surface area contributed by atoms with Crippen molar-refractivity contribution in [1.29, 1.82) is 0 Å². The van der Waals surface area contributed by atoms with E-state index in [1.807, 2.05) is 6.07 Å². The molecule has 1 aromatic carbocycles. The van der Waals surface area contributed by atoms with Crippen LogP contribution in [-0.2, 0) is 11.3 Å². The fourth-order valence-electron chi connectivity index (χ4n) is 2.87. The first-order valence-electron chi connectivity index (χ1n) is 7.55. The Labute approximate surface area is 133 Å². The maximum absolute atomic E-state index is 6.18. The van der Waals surface area contributed by atoms with Crippen molar-refractivity contribution in [3.63, 3.8) is 0 Å². The van der Waals surface area contributed by atoms with Crippen molar-refractivity contribution in [3.8, 4) is 0 Å². The van der Waals surface area contributed by atoms with Gasteiger partial charge in [0.1, 0.15) is 0 Å². The molecule has 0 radical (unpaired) electrons. The molecule has 1 fully saturated rings. The van der Waals surface area contributed by atoms with Gasteiger partial charge in [-0.05, 0) is 37.7 Å². The standard InChI is InChI=1S/C16H26ClN3O/c1-13-12-19(2)7-8-20(13)16-5-4-15(17)10-14(16)11-18-6-9-21-3/h4-5,10,13,18H,6-9,11-12H2,1-3H3. The van der Waals surface area contributed by atoms with Crippen molar-refractivity contribution in [1.82, 2.24) is 10.2 Å². The van der Waals surface area contributed by atoms with Crippen LogP contribution in [0.1, 0.15) is 12.5 Å². The van der Waals surface area contributed by atoms with Crippen LogP contribution in [0.15, 0.2) is 18.2 Å². The van der Waals surface area contributed by atoms with E-state index in [0.717, 1.165) is 44.4 Å². The van der Waals surface area contributed by atoms with Crippen LogP contribution in [0.3, 0.4) is 0 Å². The maximum Gasteiger partial charge on any atom is 0.0587 e. The quantitative estimate of drug-likeness (QED) is 0.815. The Morgan fingerprint density at radius 2 is 2.19 bits per heavy atom. The summed E-state index contributed by atoms with van der Waals surface area (Å²) in [7, 11) is 3.90. The smallest absolute Gasteiger partial charge is 0.0587 e. The van der Waals surface area contributed by atoms with Gasteiger partial charge in [-0.25, -0.2) is 0 Å². The molecule has 2 rings (SSSR count). The molecule has 1 saturated heterocycles. The summed E-state index contributed by atoms with van der Waals surface area (Å²) in [4.78, 5) is 4.87. The van der Waals surface area contributed by atoms with Crippen molar-refractivity contribution in [2.75, 3.05) is 51.8 Å².